The molecule has 0 atom stereocenters. The Hall–Kier alpha value is -1.27. The molecular weight excluding hydrogens is 242 g/mol. The SMILES string of the molecule is COc1ccc(N)c(Sc2nc(C)cs2)n1. The Balaban J connectivity index is 2.26. The summed E-state index contributed by atoms with van der Waals surface area (Å²) in [5, 5.41) is 2.73. The fraction of sp³-hybridized carbons (Fsp3) is 0.200. The average Bonchev–Trinajstić information content (AvgIpc) is 2.67. The minimum absolute atomic E-state index is 0.560. The molecule has 0 aliphatic rings. The molecule has 2 aromatic heterocycles. The Labute approximate surface area is 102 Å². The minimum Gasteiger partial charge on any atom is -0.481 e. The normalized spacial score (nSPS) is 10.4. The number of methoxy groups -OCH3 is 1. The summed E-state index contributed by atoms with van der Waals surface area (Å²) >= 11 is 3.04. The first-order chi connectivity index (χ1) is 7.69. The van der Waals surface area contributed by atoms with Crippen molar-refractivity contribution >= 4 is 28.8 Å². The number of pyridine rings is 1. The van der Waals surface area contributed by atoms with Crippen LogP contribution in [-0.2, 0) is 0 Å². The van der Waals surface area contributed by atoms with Crippen molar-refractivity contribution in [2.45, 2.75) is 16.3 Å². The maximum Gasteiger partial charge on any atom is 0.214 e. The first kappa shape index (κ1) is 11.2. The number of nitrogen functional groups attached to an aromatic ring is 1. The van der Waals surface area contributed by atoms with Crippen LogP contribution in [0.3, 0.4) is 0 Å². The fourth-order valence-corrected chi connectivity index (χ4v) is 2.86. The van der Waals surface area contributed by atoms with Gasteiger partial charge in [-0.05, 0) is 24.8 Å². The summed E-state index contributed by atoms with van der Waals surface area (Å²) in [6.45, 7) is 1.96. The number of hydrogen-bond acceptors (Lipinski definition) is 6. The smallest absolute Gasteiger partial charge is 0.214 e. The van der Waals surface area contributed by atoms with Crippen molar-refractivity contribution in [2.75, 3.05) is 12.8 Å². The van der Waals surface area contributed by atoms with Gasteiger partial charge in [-0.15, -0.1) is 11.3 Å². The third-order valence-electron chi connectivity index (χ3n) is 1.86. The lowest BCUT2D eigenvalue weighted by molar-refractivity contribution is 0.395. The molecule has 0 saturated heterocycles. The zero-order valence-corrected chi connectivity index (χ0v) is 10.6. The summed E-state index contributed by atoms with van der Waals surface area (Å²) in [4.78, 5) is 8.63. The van der Waals surface area contributed by atoms with Gasteiger partial charge in [-0.1, -0.05) is 0 Å². The van der Waals surface area contributed by atoms with Crippen molar-refractivity contribution < 1.29 is 4.74 Å². The molecule has 84 valence electrons. The van der Waals surface area contributed by atoms with Crippen LogP contribution in [-0.4, -0.2) is 17.1 Å². The maximum atomic E-state index is 5.84. The molecule has 6 heteroatoms. The van der Waals surface area contributed by atoms with Gasteiger partial charge in [-0.25, -0.2) is 9.97 Å². The van der Waals surface area contributed by atoms with Crippen LogP contribution in [0.1, 0.15) is 5.69 Å². The summed E-state index contributed by atoms with van der Waals surface area (Å²) in [5.74, 6) is 0.560. The first-order valence-corrected chi connectivity index (χ1v) is 6.29. The number of aromatic nitrogens is 2. The van der Waals surface area contributed by atoms with Crippen LogP contribution < -0.4 is 10.5 Å². The van der Waals surface area contributed by atoms with Crippen molar-refractivity contribution in [3.8, 4) is 5.88 Å². The molecule has 0 saturated carbocycles. The van der Waals surface area contributed by atoms with E-state index in [0.29, 0.717) is 11.6 Å². The zero-order valence-electron chi connectivity index (χ0n) is 8.93. The molecule has 0 radical (unpaired) electrons. The Bertz CT molecular complexity index is 499. The fourth-order valence-electron chi connectivity index (χ4n) is 1.09. The van der Waals surface area contributed by atoms with E-state index in [9.17, 15) is 0 Å². The van der Waals surface area contributed by atoms with E-state index in [0.717, 1.165) is 15.1 Å². The van der Waals surface area contributed by atoms with Gasteiger partial charge >= 0.3 is 0 Å². The van der Waals surface area contributed by atoms with E-state index in [1.165, 1.54) is 11.8 Å². The minimum atomic E-state index is 0.560. The summed E-state index contributed by atoms with van der Waals surface area (Å²) in [7, 11) is 1.58. The van der Waals surface area contributed by atoms with Gasteiger partial charge in [0.1, 0.15) is 5.03 Å². The Morgan fingerprint density at radius 2 is 2.19 bits per heavy atom. The van der Waals surface area contributed by atoms with Gasteiger partial charge < -0.3 is 10.5 Å². The van der Waals surface area contributed by atoms with Crippen molar-refractivity contribution in [3.63, 3.8) is 0 Å². The standard InChI is InChI=1S/C10H11N3OS2/c1-6-5-15-10(12-6)16-9-7(11)3-4-8(13-9)14-2/h3-5H,11H2,1-2H3. The molecule has 2 heterocycles. The van der Waals surface area contributed by atoms with Gasteiger partial charge in [0.2, 0.25) is 5.88 Å². The second-order valence-electron chi connectivity index (χ2n) is 3.10. The first-order valence-electron chi connectivity index (χ1n) is 4.59. The van der Waals surface area contributed by atoms with E-state index in [4.69, 9.17) is 10.5 Å². The molecule has 0 aliphatic heterocycles. The highest BCUT2D eigenvalue weighted by atomic mass is 32.2. The van der Waals surface area contributed by atoms with Crippen molar-refractivity contribution in [2.24, 2.45) is 0 Å². The number of rotatable bonds is 3. The number of thiazole rings is 1. The van der Waals surface area contributed by atoms with Crippen LogP contribution in [0.2, 0.25) is 0 Å². The van der Waals surface area contributed by atoms with Gasteiger partial charge in [0, 0.05) is 17.1 Å². The summed E-state index contributed by atoms with van der Waals surface area (Å²) in [5.41, 5.74) is 7.48. The summed E-state index contributed by atoms with van der Waals surface area (Å²) in [6, 6.07) is 3.53. The largest absolute Gasteiger partial charge is 0.481 e. The third kappa shape index (κ3) is 2.45. The molecule has 4 nitrogen and oxygen atoms in total. The molecule has 2 aromatic rings. The summed E-state index contributed by atoms with van der Waals surface area (Å²) in [6.07, 6.45) is 0. The third-order valence-corrected chi connectivity index (χ3v) is 3.93. The maximum absolute atomic E-state index is 5.84. The van der Waals surface area contributed by atoms with E-state index in [1.54, 1.807) is 30.6 Å². The molecule has 0 aliphatic carbocycles. The number of nitrogens with two attached hydrogens (primary N) is 1. The molecule has 0 spiro atoms. The predicted molar refractivity (Wildman–Crippen MR) is 66.2 cm³/mol. The van der Waals surface area contributed by atoms with Gasteiger partial charge in [0.25, 0.3) is 0 Å². The second kappa shape index (κ2) is 4.71. The molecule has 0 aromatic carbocycles. The molecule has 0 unspecified atom stereocenters. The highest BCUT2D eigenvalue weighted by Gasteiger charge is 2.08. The Kier molecular flexibility index (Phi) is 3.31. The monoisotopic (exact) mass is 253 g/mol. The molecule has 2 rings (SSSR count). The van der Waals surface area contributed by atoms with E-state index in [-0.39, 0.29) is 0 Å². The number of hydrogen-bond donors (Lipinski definition) is 1. The van der Waals surface area contributed by atoms with Crippen LogP contribution in [0.5, 0.6) is 5.88 Å². The van der Waals surface area contributed by atoms with Gasteiger partial charge in [0.15, 0.2) is 4.34 Å². The van der Waals surface area contributed by atoms with Gasteiger partial charge in [-0.2, -0.15) is 0 Å². The quantitative estimate of drug-likeness (QED) is 0.911. The van der Waals surface area contributed by atoms with E-state index >= 15 is 0 Å². The Morgan fingerprint density at radius 1 is 1.38 bits per heavy atom. The van der Waals surface area contributed by atoms with Gasteiger partial charge in [-0.3, -0.25) is 0 Å². The van der Waals surface area contributed by atoms with Crippen LogP contribution in [0.4, 0.5) is 5.69 Å². The van der Waals surface area contributed by atoms with Crippen LogP contribution in [0, 0.1) is 6.92 Å². The van der Waals surface area contributed by atoms with Crippen LogP contribution >= 0.6 is 23.1 Å². The lowest BCUT2D eigenvalue weighted by atomic mass is 10.4. The molecule has 0 amide bonds. The number of anilines is 1. The van der Waals surface area contributed by atoms with Gasteiger partial charge in [0.05, 0.1) is 12.8 Å². The van der Waals surface area contributed by atoms with Crippen LogP contribution in [0.15, 0.2) is 26.9 Å². The van der Waals surface area contributed by atoms with Crippen LogP contribution in [0.25, 0.3) is 0 Å². The Morgan fingerprint density at radius 3 is 2.81 bits per heavy atom. The van der Waals surface area contributed by atoms with Crippen molar-refractivity contribution in [1.29, 1.82) is 0 Å². The van der Waals surface area contributed by atoms with E-state index in [2.05, 4.69) is 9.97 Å². The van der Waals surface area contributed by atoms with E-state index in [1.807, 2.05) is 12.3 Å². The molecule has 2 N–H and O–H groups in total. The average molecular weight is 253 g/mol. The summed E-state index contributed by atoms with van der Waals surface area (Å²) < 4.78 is 5.99. The highest BCUT2D eigenvalue weighted by Crippen LogP contribution is 2.33. The molecular formula is C10H11N3OS2. The van der Waals surface area contributed by atoms with Crippen molar-refractivity contribution in [3.05, 3.63) is 23.2 Å². The topological polar surface area (TPSA) is 61.0 Å². The van der Waals surface area contributed by atoms with E-state index < -0.39 is 0 Å². The lowest BCUT2D eigenvalue weighted by Gasteiger charge is -2.04. The molecule has 0 fully saturated rings. The molecule has 0 bridgehead atoms. The number of aryl methyl sites for hydroxylation is 1. The lowest BCUT2D eigenvalue weighted by Crippen LogP contribution is -1.94. The zero-order chi connectivity index (χ0) is 11.5. The molecule has 16 heavy (non-hydrogen) atoms. The van der Waals surface area contributed by atoms with Crippen molar-refractivity contribution in [1.82, 2.24) is 9.97 Å². The second-order valence-corrected chi connectivity index (χ2v) is 5.20. The highest BCUT2D eigenvalue weighted by molar-refractivity contribution is 8.01. The number of ether oxygens (including phenoxy) is 1. The number of nitrogens with zero attached hydrogens (tertiary/aromatic N) is 2. The predicted octanol–water partition coefficient (Wildman–Crippen LogP) is 2.59.